The summed E-state index contributed by atoms with van der Waals surface area (Å²) in [6, 6.07) is 4.77. The van der Waals surface area contributed by atoms with E-state index in [1.807, 2.05) is 0 Å². The van der Waals surface area contributed by atoms with Gasteiger partial charge in [-0.25, -0.2) is 0 Å². The van der Waals surface area contributed by atoms with Gasteiger partial charge in [0.1, 0.15) is 12.7 Å². The lowest BCUT2D eigenvalue weighted by atomic mass is 10.1. The molecule has 0 aromatic heterocycles. The maximum Gasteiger partial charge on any atom is 0.317 e. The number of carbonyl (C=O) groups is 2. The Hall–Kier alpha value is -1.79. The molecule has 0 spiro atoms. The number of hydrogen-bond acceptors (Lipinski definition) is 3. The SMILES string of the molecule is COC(=O)CC#Cc1cc(Cl)cc(C=O)c1. The highest BCUT2D eigenvalue weighted by atomic mass is 35.5. The number of hydrogen-bond donors (Lipinski definition) is 0. The van der Waals surface area contributed by atoms with Gasteiger partial charge in [-0.1, -0.05) is 23.4 Å². The Kier molecular flexibility index (Phi) is 4.56. The minimum absolute atomic E-state index is 0.0133. The highest BCUT2D eigenvalue weighted by molar-refractivity contribution is 6.31. The predicted molar refractivity (Wildman–Crippen MR) is 60.4 cm³/mol. The van der Waals surface area contributed by atoms with Gasteiger partial charge in [-0.05, 0) is 18.2 Å². The quantitative estimate of drug-likeness (QED) is 0.449. The minimum atomic E-state index is -0.398. The van der Waals surface area contributed by atoms with Crippen molar-refractivity contribution in [1.29, 1.82) is 0 Å². The van der Waals surface area contributed by atoms with Gasteiger partial charge in [0.05, 0.1) is 7.11 Å². The Morgan fingerprint density at radius 3 is 2.88 bits per heavy atom. The van der Waals surface area contributed by atoms with Crippen molar-refractivity contribution in [2.24, 2.45) is 0 Å². The molecule has 1 aromatic carbocycles. The van der Waals surface area contributed by atoms with Crippen LogP contribution in [0.2, 0.25) is 5.02 Å². The van der Waals surface area contributed by atoms with Crippen LogP contribution in [0.5, 0.6) is 0 Å². The minimum Gasteiger partial charge on any atom is -0.468 e. The van der Waals surface area contributed by atoms with E-state index < -0.39 is 5.97 Å². The lowest BCUT2D eigenvalue weighted by Gasteiger charge is -1.95. The van der Waals surface area contributed by atoms with Crippen LogP contribution < -0.4 is 0 Å². The summed E-state index contributed by atoms with van der Waals surface area (Å²) < 4.78 is 4.43. The molecule has 3 nitrogen and oxygen atoms in total. The summed E-state index contributed by atoms with van der Waals surface area (Å²) in [5, 5.41) is 0.437. The molecule has 0 aliphatic rings. The third-order valence-electron chi connectivity index (χ3n) is 1.75. The van der Waals surface area contributed by atoms with Crippen molar-refractivity contribution in [2.75, 3.05) is 7.11 Å². The van der Waals surface area contributed by atoms with Crippen LogP contribution in [0.4, 0.5) is 0 Å². The van der Waals surface area contributed by atoms with Gasteiger partial charge in [0.25, 0.3) is 0 Å². The van der Waals surface area contributed by atoms with Crippen LogP contribution in [0, 0.1) is 11.8 Å². The van der Waals surface area contributed by atoms with E-state index in [-0.39, 0.29) is 6.42 Å². The molecule has 0 radical (unpaired) electrons. The van der Waals surface area contributed by atoms with Crippen molar-refractivity contribution < 1.29 is 14.3 Å². The first-order valence-electron chi connectivity index (χ1n) is 4.47. The highest BCUT2D eigenvalue weighted by Gasteiger charge is 1.97. The highest BCUT2D eigenvalue weighted by Crippen LogP contribution is 2.13. The molecule has 0 aliphatic heterocycles. The summed E-state index contributed by atoms with van der Waals surface area (Å²) in [6.07, 6.45) is 0.705. The smallest absolute Gasteiger partial charge is 0.317 e. The number of aldehydes is 1. The second-order valence-corrected chi connectivity index (χ2v) is 3.38. The Morgan fingerprint density at radius 1 is 1.50 bits per heavy atom. The summed E-state index contributed by atoms with van der Waals surface area (Å²) in [4.78, 5) is 21.3. The van der Waals surface area contributed by atoms with Crippen LogP contribution in [0.15, 0.2) is 18.2 Å². The molecule has 0 aliphatic carbocycles. The Labute approximate surface area is 98.4 Å². The number of carbonyl (C=O) groups excluding carboxylic acids is 2. The fourth-order valence-electron chi connectivity index (χ4n) is 1.04. The van der Waals surface area contributed by atoms with Gasteiger partial charge in [-0.3, -0.25) is 9.59 Å². The topological polar surface area (TPSA) is 43.4 Å². The van der Waals surface area contributed by atoms with E-state index in [4.69, 9.17) is 11.6 Å². The average Bonchev–Trinajstić information content (AvgIpc) is 2.28. The molecule has 1 rings (SSSR count). The molecule has 82 valence electrons. The molecule has 0 bridgehead atoms. The maximum atomic E-state index is 10.8. The Bertz CT molecular complexity index is 469. The van der Waals surface area contributed by atoms with Gasteiger partial charge >= 0.3 is 5.97 Å². The van der Waals surface area contributed by atoms with Crippen LogP contribution in [0.1, 0.15) is 22.3 Å². The molecular weight excluding hydrogens is 228 g/mol. The summed E-state index contributed by atoms with van der Waals surface area (Å²) in [6.45, 7) is 0. The van der Waals surface area contributed by atoms with Gasteiger partial charge < -0.3 is 4.74 Å². The molecule has 0 N–H and O–H groups in total. The van der Waals surface area contributed by atoms with Crippen LogP contribution >= 0.6 is 11.6 Å². The third-order valence-corrected chi connectivity index (χ3v) is 1.97. The zero-order valence-electron chi connectivity index (χ0n) is 8.62. The molecule has 0 saturated carbocycles. The molecule has 0 heterocycles. The van der Waals surface area contributed by atoms with Crippen molar-refractivity contribution in [3.05, 3.63) is 34.3 Å². The predicted octanol–water partition coefficient (Wildman–Crippen LogP) is 2.07. The zero-order valence-corrected chi connectivity index (χ0v) is 9.38. The molecule has 4 heteroatoms. The number of methoxy groups -OCH3 is 1. The van der Waals surface area contributed by atoms with Crippen molar-refractivity contribution >= 4 is 23.9 Å². The fourth-order valence-corrected chi connectivity index (χ4v) is 1.29. The summed E-state index contributed by atoms with van der Waals surface area (Å²) in [5.74, 6) is 4.97. The molecular formula is C12H9ClO3. The van der Waals surface area contributed by atoms with E-state index in [2.05, 4.69) is 16.6 Å². The van der Waals surface area contributed by atoms with E-state index in [0.717, 1.165) is 0 Å². The van der Waals surface area contributed by atoms with Gasteiger partial charge in [-0.2, -0.15) is 0 Å². The second-order valence-electron chi connectivity index (χ2n) is 2.95. The van der Waals surface area contributed by atoms with E-state index >= 15 is 0 Å². The molecule has 0 saturated heterocycles. The Morgan fingerprint density at radius 2 is 2.25 bits per heavy atom. The average molecular weight is 237 g/mol. The van der Waals surface area contributed by atoms with Crippen molar-refractivity contribution in [3.8, 4) is 11.8 Å². The normalized spacial score (nSPS) is 8.88. The lowest BCUT2D eigenvalue weighted by Crippen LogP contribution is -1.97. The van der Waals surface area contributed by atoms with Crippen LogP contribution in [0.3, 0.4) is 0 Å². The van der Waals surface area contributed by atoms with E-state index in [1.165, 1.54) is 7.11 Å². The van der Waals surface area contributed by atoms with Crippen molar-refractivity contribution in [2.45, 2.75) is 6.42 Å². The maximum absolute atomic E-state index is 10.8. The van der Waals surface area contributed by atoms with Gasteiger partial charge in [0.2, 0.25) is 0 Å². The Balaban J connectivity index is 2.84. The molecule has 0 fully saturated rings. The number of rotatable bonds is 2. The summed E-state index contributed by atoms with van der Waals surface area (Å²) in [7, 11) is 1.30. The number of ether oxygens (including phenoxy) is 1. The van der Waals surface area contributed by atoms with E-state index in [1.54, 1.807) is 18.2 Å². The summed E-state index contributed by atoms with van der Waals surface area (Å²) >= 11 is 5.78. The first-order chi connectivity index (χ1) is 7.65. The van der Waals surface area contributed by atoms with Gasteiger partial charge in [0, 0.05) is 16.1 Å². The molecule has 0 atom stereocenters. The van der Waals surface area contributed by atoms with Crippen molar-refractivity contribution in [1.82, 2.24) is 0 Å². The second kappa shape index (κ2) is 5.94. The fraction of sp³-hybridized carbons (Fsp3) is 0.167. The van der Waals surface area contributed by atoms with Crippen LogP contribution in [-0.4, -0.2) is 19.4 Å². The van der Waals surface area contributed by atoms with E-state index in [0.29, 0.717) is 22.4 Å². The molecule has 0 unspecified atom stereocenters. The number of benzene rings is 1. The monoisotopic (exact) mass is 236 g/mol. The molecule has 16 heavy (non-hydrogen) atoms. The third kappa shape index (κ3) is 3.76. The zero-order chi connectivity index (χ0) is 12.0. The number of halogens is 1. The standard InChI is InChI=1S/C12H9ClO3/c1-16-12(15)4-2-3-9-5-10(8-14)7-11(13)6-9/h5-8H,4H2,1H3. The summed E-state index contributed by atoms with van der Waals surface area (Å²) in [5.41, 5.74) is 1.05. The number of esters is 1. The first kappa shape index (κ1) is 12.3. The van der Waals surface area contributed by atoms with Gasteiger partial charge in [0.15, 0.2) is 0 Å². The lowest BCUT2D eigenvalue weighted by molar-refractivity contribution is -0.139. The van der Waals surface area contributed by atoms with Crippen molar-refractivity contribution in [3.63, 3.8) is 0 Å². The first-order valence-corrected chi connectivity index (χ1v) is 4.85. The van der Waals surface area contributed by atoms with E-state index in [9.17, 15) is 9.59 Å². The largest absolute Gasteiger partial charge is 0.468 e. The van der Waals surface area contributed by atoms with Crippen LogP contribution in [-0.2, 0) is 9.53 Å². The van der Waals surface area contributed by atoms with Crippen LogP contribution in [0.25, 0.3) is 0 Å². The van der Waals surface area contributed by atoms with Gasteiger partial charge in [-0.15, -0.1) is 0 Å². The molecule has 1 aromatic rings. The molecule has 0 amide bonds.